The predicted molar refractivity (Wildman–Crippen MR) is 163 cm³/mol. The van der Waals surface area contributed by atoms with E-state index < -0.39 is 32.2 Å². The Kier molecular flexibility index (Phi) is 15.0. The number of hydrogen-bond acceptors (Lipinski definition) is 15. The van der Waals surface area contributed by atoms with E-state index in [2.05, 4.69) is 10.3 Å². The molecule has 236 valence electrons. The van der Waals surface area contributed by atoms with Crippen LogP contribution in [0, 0.1) is 13.8 Å². The summed E-state index contributed by atoms with van der Waals surface area (Å²) in [4.78, 5) is 24.2. The van der Waals surface area contributed by atoms with Crippen molar-refractivity contribution in [3.8, 4) is 0 Å². The summed E-state index contributed by atoms with van der Waals surface area (Å²) in [5.74, 6) is -1.38. The van der Waals surface area contributed by atoms with Crippen molar-refractivity contribution in [1.82, 2.24) is 0 Å². The fraction of sp³-hybridized carbons (Fsp3) is 0.385. The highest BCUT2D eigenvalue weighted by Gasteiger charge is 2.21. The molecule has 0 heterocycles. The van der Waals surface area contributed by atoms with E-state index in [1.54, 1.807) is 52.0 Å². The number of oxime groups is 2. The normalized spacial score (nSPS) is 12.5. The number of hydrogen-bond donors (Lipinski definition) is 0. The molecule has 0 N–H and O–H groups in total. The molecule has 17 heteroatoms. The van der Waals surface area contributed by atoms with Gasteiger partial charge in [-0.05, 0) is 52.0 Å². The van der Waals surface area contributed by atoms with E-state index in [-0.39, 0.29) is 57.8 Å². The molecule has 0 aliphatic rings. The quantitative estimate of drug-likeness (QED) is 0.0934. The van der Waals surface area contributed by atoms with Gasteiger partial charge in [0.1, 0.15) is 9.79 Å². The third-order valence-corrected chi connectivity index (χ3v) is 8.90. The van der Waals surface area contributed by atoms with E-state index in [1.165, 1.54) is 24.3 Å². The second-order valence-corrected chi connectivity index (χ2v) is 13.5. The minimum Gasteiger partial charge on any atom is -0.461 e. The Bertz CT molecular complexity index is 1380. The number of esters is 2. The monoisotopic (exact) mass is 676 g/mol. The minimum absolute atomic E-state index is 0.0389. The van der Waals surface area contributed by atoms with Gasteiger partial charge in [0.2, 0.25) is 10.1 Å². The van der Waals surface area contributed by atoms with Crippen molar-refractivity contribution in [3.05, 3.63) is 59.7 Å². The van der Waals surface area contributed by atoms with Crippen LogP contribution < -0.4 is 0 Å². The summed E-state index contributed by atoms with van der Waals surface area (Å²) in [6.07, 6.45) is 0. The lowest BCUT2D eigenvalue weighted by atomic mass is 10.2. The van der Waals surface area contributed by atoms with Gasteiger partial charge in [0, 0.05) is 11.5 Å². The van der Waals surface area contributed by atoms with Crippen molar-refractivity contribution in [2.75, 3.05) is 37.9 Å². The standard InChI is InChI=1S/C26H32N2O11S4/c1-5-36-25(29)23(27-38-42(31,32)21-11-7-19(3)8-12-21)40-17-15-35-16-18-41-24(26(30)37-6-2)28-39-43(33,34)22-13-9-20(4)10-14-22/h7-14H,5-6,15-18H2,1-4H3. The third kappa shape index (κ3) is 12.6. The molecule has 43 heavy (non-hydrogen) atoms. The molecule has 0 bridgehead atoms. The van der Waals surface area contributed by atoms with Crippen molar-refractivity contribution < 1.29 is 49.2 Å². The number of rotatable bonds is 14. The molecule has 0 radical (unpaired) electrons. The first kappa shape index (κ1) is 36.1. The molecule has 0 fully saturated rings. The maximum atomic E-state index is 12.4. The number of aryl methyl sites for hydroxylation is 2. The van der Waals surface area contributed by atoms with E-state index >= 15 is 0 Å². The highest BCUT2D eigenvalue weighted by molar-refractivity contribution is 8.16. The minimum atomic E-state index is -4.25. The fourth-order valence-corrected chi connectivity index (χ4v) is 5.66. The van der Waals surface area contributed by atoms with E-state index in [9.17, 15) is 26.4 Å². The van der Waals surface area contributed by atoms with Crippen molar-refractivity contribution in [2.24, 2.45) is 10.3 Å². The molecule has 2 aromatic carbocycles. The zero-order valence-electron chi connectivity index (χ0n) is 23.9. The Morgan fingerprint density at radius 2 is 1.00 bits per heavy atom. The molecular formula is C26H32N2O11S4. The van der Waals surface area contributed by atoms with Gasteiger partial charge in [0.25, 0.3) is 0 Å². The largest absolute Gasteiger partial charge is 0.461 e. The van der Waals surface area contributed by atoms with Gasteiger partial charge in [-0.25, -0.2) is 9.59 Å². The van der Waals surface area contributed by atoms with Gasteiger partial charge in [-0.15, -0.1) is 0 Å². The molecule has 0 amide bonds. The van der Waals surface area contributed by atoms with Gasteiger partial charge in [0.15, 0.2) is 0 Å². The van der Waals surface area contributed by atoms with Crippen LogP contribution in [0.1, 0.15) is 25.0 Å². The SMILES string of the molecule is CCOC(=O)C(=NOS(=O)(=O)c1ccc(C)cc1)SCCOCCSC(=NOS(=O)(=O)c1ccc(C)cc1)C(=O)OCC. The summed E-state index contributed by atoms with van der Waals surface area (Å²) in [5, 5.41) is 6.36. The van der Waals surface area contributed by atoms with Crippen LogP contribution in [0.25, 0.3) is 0 Å². The van der Waals surface area contributed by atoms with Crippen molar-refractivity contribution >= 4 is 65.8 Å². The third-order valence-electron chi connectivity index (χ3n) is 4.89. The molecule has 0 unspecified atom stereocenters. The topological polar surface area (TPSA) is 173 Å². The summed E-state index contributed by atoms with van der Waals surface area (Å²) in [5.41, 5.74) is 1.71. The number of ether oxygens (including phenoxy) is 3. The van der Waals surface area contributed by atoms with Gasteiger partial charge >= 0.3 is 32.2 Å². The van der Waals surface area contributed by atoms with Crippen molar-refractivity contribution in [2.45, 2.75) is 37.5 Å². The van der Waals surface area contributed by atoms with E-state index in [1.807, 2.05) is 0 Å². The van der Waals surface area contributed by atoms with Gasteiger partial charge in [0.05, 0.1) is 26.4 Å². The molecule has 2 rings (SSSR count). The highest BCUT2D eigenvalue weighted by atomic mass is 32.2. The molecule has 0 aromatic heterocycles. The Balaban J connectivity index is 1.90. The van der Waals surface area contributed by atoms with Crippen LogP contribution in [-0.4, -0.2) is 76.8 Å². The van der Waals surface area contributed by atoms with E-state index in [4.69, 9.17) is 22.8 Å². The summed E-state index contributed by atoms with van der Waals surface area (Å²) in [7, 11) is -8.51. The molecule has 0 saturated heterocycles. The lowest BCUT2D eigenvalue weighted by Crippen LogP contribution is -2.18. The molecule has 0 spiro atoms. The average Bonchev–Trinajstić information content (AvgIpc) is 2.96. The van der Waals surface area contributed by atoms with E-state index in [0.29, 0.717) is 0 Å². The van der Waals surface area contributed by atoms with Crippen LogP contribution in [0.5, 0.6) is 0 Å². The molecule has 0 aliphatic heterocycles. The molecule has 0 saturated carbocycles. The van der Waals surface area contributed by atoms with Gasteiger partial charge in [-0.1, -0.05) is 69.2 Å². The van der Waals surface area contributed by atoms with Crippen LogP contribution in [0.3, 0.4) is 0 Å². The van der Waals surface area contributed by atoms with Crippen LogP contribution in [0.2, 0.25) is 0 Å². The number of nitrogens with zero attached hydrogens (tertiary/aromatic N) is 2. The van der Waals surface area contributed by atoms with Crippen molar-refractivity contribution in [1.29, 1.82) is 0 Å². The molecule has 2 aromatic rings. The summed E-state index contributed by atoms with van der Waals surface area (Å²) in [6.45, 7) is 7.04. The van der Waals surface area contributed by atoms with Gasteiger partial charge < -0.3 is 14.2 Å². The lowest BCUT2D eigenvalue weighted by molar-refractivity contribution is -0.135. The maximum absolute atomic E-state index is 12.4. The first-order valence-corrected chi connectivity index (χ1v) is 17.5. The molecule has 0 atom stereocenters. The number of thioether (sulfide) groups is 2. The van der Waals surface area contributed by atoms with Gasteiger partial charge in [-0.3, -0.25) is 8.57 Å². The lowest BCUT2D eigenvalue weighted by Gasteiger charge is -2.08. The first-order chi connectivity index (χ1) is 20.4. The molecular weight excluding hydrogens is 645 g/mol. The second-order valence-electron chi connectivity index (χ2n) is 8.23. The summed E-state index contributed by atoms with van der Waals surface area (Å²) in [6, 6.07) is 11.8. The summed E-state index contributed by atoms with van der Waals surface area (Å²) < 4.78 is 74.4. The number of carbonyl (C=O) groups excluding carboxylic acids is 2. The van der Waals surface area contributed by atoms with Crippen LogP contribution in [0.15, 0.2) is 68.6 Å². The van der Waals surface area contributed by atoms with Crippen LogP contribution in [-0.2, 0) is 52.6 Å². The highest BCUT2D eigenvalue weighted by Crippen LogP contribution is 2.17. The first-order valence-electron chi connectivity index (χ1n) is 12.7. The number of benzene rings is 2. The predicted octanol–water partition coefficient (Wildman–Crippen LogP) is 3.65. The molecule has 13 nitrogen and oxygen atoms in total. The number of carbonyl (C=O) groups is 2. The van der Waals surface area contributed by atoms with Crippen LogP contribution >= 0.6 is 23.5 Å². The molecule has 0 aliphatic carbocycles. The maximum Gasteiger partial charge on any atom is 0.367 e. The van der Waals surface area contributed by atoms with Gasteiger partial charge in [-0.2, -0.15) is 16.8 Å². The van der Waals surface area contributed by atoms with Crippen LogP contribution in [0.4, 0.5) is 0 Å². The summed E-state index contributed by atoms with van der Waals surface area (Å²) >= 11 is 1.73. The Morgan fingerprint density at radius 1 is 0.651 bits per heavy atom. The Morgan fingerprint density at radius 3 is 1.33 bits per heavy atom. The van der Waals surface area contributed by atoms with Crippen molar-refractivity contribution in [3.63, 3.8) is 0 Å². The zero-order valence-corrected chi connectivity index (χ0v) is 27.1. The smallest absolute Gasteiger partial charge is 0.367 e. The fourth-order valence-electron chi connectivity index (χ4n) is 2.79. The Labute approximate surface area is 259 Å². The Hall–Kier alpha value is -3.12. The van der Waals surface area contributed by atoms with E-state index in [0.717, 1.165) is 34.7 Å². The average molecular weight is 677 g/mol. The second kappa shape index (κ2) is 17.9. The zero-order chi connectivity index (χ0) is 31.9.